The summed E-state index contributed by atoms with van der Waals surface area (Å²) in [6, 6.07) is 3.27. The molecule has 0 spiro atoms. The molecule has 2 rings (SSSR count). The van der Waals surface area contributed by atoms with E-state index < -0.39 is 6.10 Å². The van der Waals surface area contributed by atoms with Gasteiger partial charge >= 0.3 is 0 Å². The van der Waals surface area contributed by atoms with Gasteiger partial charge in [0.15, 0.2) is 0 Å². The molecule has 0 amide bonds. The summed E-state index contributed by atoms with van der Waals surface area (Å²) in [4.78, 5) is 0. The summed E-state index contributed by atoms with van der Waals surface area (Å²) in [7, 11) is 0. The maximum atomic E-state index is 9.85. The molecule has 1 aliphatic rings. The molecular formula is C10H11Cl2NO. The van der Waals surface area contributed by atoms with E-state index in [1.807, 2.05) is 6.07 Å². The quantitative estimate of drug-likeness (QED) is 0.720. The average Bonchev–Trinajstić information content (AvgIpc) is 2.10. The van der Waals surface area contributed by atoms with E-state index in [4.69, 9.17) is 28.9 Å². The van der Waals surface area contributed by atoms with E-state index in [-0.39, 0.29) is 6.04 Å². The van der Waals surface area contributed by atoms with Crippen LogP contribution in [0.5, 0.6) is 0 Å². The normalized spacial score (nSPS) is 26.0. The fraction of sp³-hybridized carbons (Fsp3) is 0.400. The van der Waals surface area contributed by atoms with E-state index >= 15 is 0 Å². The second kappa shape index (κ2) is 3.70. The molecule has 0 heterocycles. The van der Waals surface area contributed by atoms with Gasteiger partial charge in [-0.2, -0.15) is 0 Å². The highest BCUT2D eigenvalue weighted by atomic mass is 35.5. The van der Waals surface area contributed by atoms with Crippen molar-refractivity contribution in [3.8, 4) is 0 Å². The Morgan fingerprint density at radius 2 is 2.07 bits per heavy atom. The minimum Gasteiger partial charge on any atom is -0.387 e. The maximum absolute atomic E-state index is 9.85. The van der Waals surface area contributed by atoms with Crippen LogP contribution in [0.25, 0.3) is 0 Å². The molecule has 0 aliphatic heterocycles. The highest BCUT2D eigenvalue weighted by molar-refractivity contribution is 6.35. The van der Waals surface area contributed by atoms with Gasteiger partial charge in [-0.1, -0.05) is 23.2 Å². The van der Waals surface area contributed by atoms with Crippen LogP contribution in [0.2, 0.25) is 10.0 Å². The summed E-state index contributed by atoms with van der Waals surface area (Å²) in [5.41, 5.74) is 7.51. The van der Waals surface area contributed by atoms with Crippen LogP contribution in [0, 0.1) is 0 Å². The number of fused-ring (bicyclic) bond motifs is 1. The summed E-state index contributed by atoms with van der Waals surface area (Å²) >= 11 is 11.9. The number of aliphatic hydroxyl groups is 1. The van der Waals surface area contributed by atoms with E-state index in [0.717, 1.165) is 24.0 Å². The van der Waals surface area contributed by atoms with E-state index in [9.17, 15) is 5.11 Å². The first kappa shape index (κ1) is 10.2. The molecule has 3 N–H and O–H groups in total. The minimum atomic E-state index is -0.663. The number of aryl methyl sites for hydroxylation is 1. The highest BCUT2D eigenvalue weighted by Crippen LogP contribution is 2.36. The zero-order valence-corrected chi connectivity index (χ0v) is 9.02. The number of nitrogens with two attached hydrogens (primary N) is 1. The van der Waals surface area contributed by atoms with Crippen LogP contribution >= 0.6 is 23.2 Å². The average molecular weight is 232 g/mol. The van der Waals surface area contributed by atoms with Crippen molar-refractivity contribution >= 4 is 23.2 Å². The summed E-state index contributed by atoms with van der Waals surface area (Å²) in [5, 5.41) is 11.0. The van der Waals surface area contributed by atoms with Crippen molar-refractivity contribution in [2.24, 2.45) is 5.73 Å². The highest BCUT2D eigenvalue weighted by Gasteiger charge is 2.27. The molecule has 0 saturated heterocycles. The number of aliphatic hydroxyl groups excluding tert-OH is 1. The summed E-state index contributed by atoms with van der Waals surface area (Å²) in [5.74, 6) is 0. The van der Waals surface area contributed by atoms with Gasteiger partial charge in [0.25, 0.3) is 0 Å². The summed E-state index contributed by atoms with van der Waals surface area (Å²) in [6.07, 6.45) is 0.932. The molecule has 2 nitrogen and oxygen atoms in total. The molecule has 76 valence electrons. The molecule has 1 aromatic rings. The third kappa shape index (κ3) is 1.63. The maximum Gasteiger partial charge on any atom is 0.0958 e. The molecule has 0 aromatic heterocycles. The van der Waals surface area contributed by atoms with Crippen LogP contribution in [0.15, 0.2) is 12.1 Å². The van der Waals surface area contributed by atoms with Crippen molar-refractivity contribution in [2.45, 2.75) is 25.0 Å². The smallest absolute Gasteiger partial charge is 0.0958 e. The molecule has 4 heteroatoms. The van der Waals surface area contributed by atoms with Crippen LogP contribution in [0.1, 0.15) is 23.7 Å². The first-order chi connectivity index (χ1) is 6.59. The molecule has 0 radical (unpaired) electrons. The first-order valence-corrected chi connectivity index (χ1v) is 5.26. The number of hydrogen-bond donors (Lipinski definition) is 2. The molecule has 0 fully saturated rings. The predicted octanol–water partition coefficient (Wildman–Crippen LogP) is 2.30. The summed E-state index contributed by atoms with van der Waals surface area (Å²) < 4.78 is 0. The van der Waals surface area contributed by atoms with Gasteiger partial charge in [0.1, 0.15) is 0 Å². The third-order valence-electron chi connectivity index (χ3n) is 2.63. The van der Waals surface area contributed by atoms with Crippen molar-refractivity contribution in [3.05, 3.63) is 33.3 Å². The van der Waals surface area contributed by atoms with Crippen molar-refractivity contribution in [2.75, 3.05) is 0 Å². The van der Waals surface area contributed by atoms with Crippen LogP contribution in [-0.4, -0.2) is 11.1 Å². The standard InChI is InChI=1S/C10H11Cl2NO/c11-6-3-5-1-2-8(13)10(14)9(5)7(12)4-6/h3-4,8,10,14H,1-2,13H2. The van der Waals surface area contributed by atoms with Crippen LogP contribution < -0.4 is 5.73 Å². The van der Waals surface area contributed by atoms with E-state index in [1.54, 1.807) is 6.07 Å². The van der Waals surface area contributed by atoms with Gasteiger partial charge < -0.3 is 10.8 Å². The number of halogens is 2. The monoisotopic (exact) mass is 231 g/mol. The third-order valence-corrected chi connectivity index (χ3v) is 3.16. The molecule has 1 aliphatic carbocycles. The second-order valence-electron chi connectivity index (χ2n) is 3.61. The Labute approximate surface area is 92.6 Å². The molecule has 0 bridgehead atoms. The van der Waals surface area contributed by atoms with Gasteiger partial charge in [0.05, 0.1) is 6.10 Å². The van der Waals surface area contributed by atoms with Crippen molar-refractivity contribution in [3.63, 3.8) is 0 Å². The van der Waals surface area contributed by atoms with E-state index in [2.05, 4.69) is 0 Å². The Bertz CT molecular complexity index is 367. The van der Waals surface area contributed by atoms with Crippen LogP contribution in [0.4, 0.5) is 0 Å². The largest absolute Gasteiger partial charge is 0.387 e. The van der Waals surface area contributed by atoms with Crippen LogP contribution in [0.3, 0.4) is 0 Å². The molecule has 1 aromatic carbocycles. The zero-order valence-electron chi connectivity index (χ0n) is 7.50. The number of benzene rings is 1. The Kier molecular flexibility index (Phi) is 2.71. The SMILES string of the molecule is NC1CCc2cc(Cl)cc(Cl)c2C1O. The molecular weight excluding hydrogens is 221 g/mol. The molecule has 2 atom stereocenters. The van der Waals surface area contributed by atoms with Gasteiger partial charge in [0.2, 0.25) is 0 Å². The van der Waals surface area contributed by atoms with Gasteiger partial charge in [0, 0.05) is 21.7 Å². The Hall–Kier alpha value is -0.280. The lowest BCUT2D eigenvalue weighted by atomic mass is 9.86. The zero-order chi connectivity index (χ0) is 10.3. The van der Waals surface area contributed by atoms with Crippen molar-refractivity contribution in [1.82, 2.24) is 0 Å². The van der Waals surface area contributed by atoms with Crippen molar-refractivity contribution in [1.29, 1.82) is 0 Å². The molecule has 2 unspecified atom stereocenters. The lowest BCUT2D eigenvalue weighted by Gasteiger charge is -2.28. The van der Waals surface area contributed by atoms with Crippen LogP contribution in [-0.2, 0) is 6.42 Å². The van der Waals surface area contributed by atoms with Gasteiger partial charge in [-0.3, -0.25) is 0 Å². The molecule has 0 saturated carbocycles. The summed E-state index contributed by atoms with van der Waals surface area (Å²) in [6.45, 7) is 0. The Morgan fingerprint density at radius 3 is 2.79 bits per heavy atom. The fourth-order valence-corrected chi connectivity index (χ4v) is 2.52. The van der Waals surface area contributed by atoms with Gasteiger partial charge in [-0.15, -0.1) is 0 Å². The number of hydrogen-bond acceptors (Lipinski definition) is 2. The number of rotatable bonds is 0. The lowest BCUT2D eigenvalue weighted by molar-refractivity contribution is 0.134. The van der Waals surface area contributed by atoms with E-state index in [0.29, 0.717) is 10.0 Å². The second-order valence-corrected chi connectivity index (χ2v) is 4.45. The van der Waals surface area contributed by atoms with Gasteiger partial charge in [-0.25, -0.2) is 0 Å². The Balaban J connectivity index is 2.54. The first-order valence-electron chi connectivity index (χ1n) is 4.51. The van der Waals surface area contributed by atoms with Gasteiger partial charge in [-0.05, 0) is 30.5 Å². The minimum absolute atomic E-state index is 0.221. The van der Waals surface area contributed by atoms with E-state index in [1.165, 1.54) is 0 Å². The lowest BCUT2D eigenvalue weighted by Crippen LogP contribution is -2.33. The molecule has 14 heavy (non-hydrogen) atoms. The Morgan fingerprint density at radius 1 is 1.36 bits per heavy atom. The fourth-order valence-electron chi connectivity index (χ4n) is 1.87. The topological polar surface area (TPSA) is 46.2 Å². The van der Waals surface area contributed by atoms with Crippen molar-refractivity contribution < 1.29 is 5.11 Å². The predicted molar refractivity (Wildman–Crippen MR) is 57.7 cm³/mol.